The van der Waals surface area contributed by atoms with Crippen molar-refractivity contribution in [1.29, 1.82) is 0 Å². The third-order valence-corrected chi connectivity index (χ3v) is 3.48. The number of thiophene rings is 1. The van der Waals surface area contributed by atoms with Gasteiger partial charge in [-0.15, -0.1) is 0 Å². The van der Waals surface area contributed by atoms with Gasteiger partial charge in [-0.3, -0.25) is 0 Å². The summed E-state index contributed by atoms with van der Waals surface area (Å²) in [6.07, 6.45) is 10.4. The predicted octanol–water partition coefficient (Wildman–Crippen LogP) is 5.11. The summed E-state index contributed by atoms with van der Waals surface area (Å²) in [5, 5.41) is 4.08. The van der Waals surface area contributed by atoms with Gasteiger partial charge in [0.2, 0.25) is 0 Å². The Morgan fingerprint density at radius 1 is 1.07 bits per heavy atom. The summed E-state index contributed by atoms with van der Waals surface area (Å²) in [6, 6.07) is 4.04. The molecular formula is C13H22S. The molecule has 1 aromatic rings. The second-order valence-corrected chi connectivity index (χ2v) is 4.90. The highest BCUT2D eigenvalue weighted by molar-refractivity contribution is 7.07. The van der Waals surface area contributed by atoms with E-state index in [2.05, 4.69) is 6.92 Å². The van der Waals surface area contributed by atoms with Gasteiger partial charge < -0.3 is 0 Å². The van der Waals surface area contributed by atoms with Gasteiger partial charge in [-0.2, -0.15) is 11.3 Å². The minimum atomic E-state index is 1.10. The predicted molar refractivity (Wildman–Crippen MR) is 65.8 cm³/mol. The second kappa shape index (κ2) is 8.05. The minimum absolute atomic E-state index is 1.10. The molecule has 2 rings (SSSR count). The molecule has 0 radical (unpaired) electrons. The molecule has 0 saturated heterocycles. The summed E-state index contributed by atoms with van der Waals surface area (Å²) < 4.78 is 0. The quantitative estimate of drug-likeness (QED) is 0.636. The van der Waals surface area contributed by atoms with Crippen molar-refractivity contribution in [1.82, 2.24) is 0 Å². The Hall–Kier alpha value is -0.300. The zero-order chi connectivity index (χ0) is 10.1. The molecule has 1 saturated carbocycles. The Morgan fingerprint density at radius 3 is 2.14 bits per heavy atom. The van der Waals surface area contributed by atoms with E-state index in [4.69, 9.17) is 0 Å². The van der Waals surface area contributed by atoms with Crippen molar-refractivity contribution in [3.63, 3.8) is 0 Å². The fourth-order valence-electron chi connectivity index (χ4n) is 2.11. The molecular weight excluding hydrogens is 188 g/mol. The van der Waals surface area contributed by atoms with Crippen LogP contribution >= 0.6 is 11.3 Å². The summed E-state index contributed by atoms with van der Waals surface area (Å²) in [6.45, 7) is 2.30. The third kappa shape index (κ3) is 5.43. The van der Waals surface area contributed by atoms with E-state index in [1.807, 2.05) is 22.9 Å². The first-order valence-electron chi connectivity index (χ1n) is 5.90. The average molecular weight is 210 g/mol. The van der Waals surface area contributed by atoms with E-state index in [-0.39, 0.29) is 0 Å². The highest BCUT2D eigenvalue weighted by Crippen LogP contribution is 2.26. The summed E-state index contributed by atoms with van der Waals surface area (Å²) in [5.41, 5.74) is 0. The Morgan fingerprint density at radius 2 is 1.71 bits per heavy atom. The van der Waals surface area contributed by atoms with Crippen molar-refractivity contribution in [3.8, 4) is 0 Å². The first-order valence-corrected chi connectivity index (χ1v) is 6.85. The van der Waals surface area contributed by atoms with E-state index >= 15 is 0 Å². The van der Waals surface area contributed by atoms with Gasteiger partial charge in [-0.25, -0.2) is 0 Å². The largest absolute Gasteiger partial charge is 0.152 e. The van der Waals surface area contributed by atoms with Crippen LogP contribution in [0.1, 0.15) is 51.9 Å². The van der Waals surface area contributed by atoms with Gasteiger partial charge in [0.05, 0.1) is 0 Å². The number of hydrogen-bond donors (Lipinski definition) is 0. The van der Waals surface area contributed by atoms with Gasteiger partial charge in [0.25, 0.3) is 0 Å². The van der Waals surface area contributed by atoms with Crippen molar-refractivity contribution in [2.45, 2.75) is 51.9 Å². The normalized spacial score (nSPS) is 17.2. The van der Waals surface area contributed by atoms with E-state index in [9.17, 15) is 0 Å². The molecule has 14 heavy (non-hydrogen) atoms. The van der Waals surface area contributed by atoms with Crippen LogP contribution in [-0.2, 0) is 0 Å². The molecule has 0 bridgehead atoms. The van der Waals surface area contributed by atoms with Crippen molar-refractivity contribution in [2.75, 3.05) is 0 Å². The van der Waals surface area contributed by atoms with Crippen LogP contribution in [0.5, 0.6) is 0 Å². The van der Waals surface area contributed by atoms with E-state index in [1.54, 1.807) is 11.3 Å². The van der Waals surface area contributed by atoms with Crippen LogP contribution in [0.3, 0.4) is 0 Å². The zero-order valence-electron chi connectivity index (χ0n) is 9.24. The molecule has 0 nitrogen and oxygen atoms in total. The first-order chi connectivity index (χ1) is 6.93. The summed E-state index contributed by atoms with van der Waals surface area (Å²) in [5.74, 6) is 1.10. The Labute approximate surface area is 92.4 Å². The van der Waals surface area contributed by atoms with E-state index in [0.717, 1.165) is 5.92 Å². The monoisotopic (exact) mass is 210 g/mol. The lowest BCUT2D eigenvalue weighted by Gasteiger charge is -2.20. The molecule has 1 heteroatoms. The fourth-order valence-corrected chi connectivity index (χ4v) is 2.56. The lowest BCUT2D eigenvalue weighted by molar-refractivity contribution is 0.336. The van der Waals surface area contributed by atoms with E-state index in [1.165, 1.54) is 44.9 Å². The van der Waals surface area contributed by atoms with Gasteiger partial charge in [0, 0.05) is 0 Å². The molecule has 0 N–H and O–H groups in total. The Bertz CT molecular complexity index is 165. The first kappa shape index (κ1) is 11.8. The van der Waals surface area contributed by atoms with Crippen molar-refractivity contribution in [2.24, 2.45) is 5.92 Å². The van der Waals surface area contributed by atoms with Crippen LogP contribution in [0.25, 0.3) is 0 Å². The molecule has 1 aromatic heterocycles. The molecule has 1 aliphatic carbocycles. The maximum atomic E-state index is 2.30. The van der Waals surface area contributed by atoms with Crippen LogP contribution in [0.4, 0.5) is 0 Å². The lowest BCUT2D eigenvalue weighted by Crippen LogP contribution is -2.04. The topological polar surface area (TPSA) is 0 Å². The summed E-state index contributed by atoms with van der Waals surface area (Å²) >= 11 is 1.71. The maximum absolute atomic E-state index is 2.30. The van der Waals surface area contributed by atoms with E-state index in [0.29, 0.717) is 0 Å². The van der Waals surface area contributed by atoms with Crippen LogP contribution in [0.2, 0.25) is 0 Å². The molecule has 0 amide bonds. The highest BCUT2D eigenvalue weighted by Gasteiger charge is 2.10. The molecule has 80 valence electrons. The summed E-state index contributed by atoms with van der Waals surface area (Å²) in [7, 11) is 0. The highest BCUT2D eigenvalue weighted by atomic mass is 32.1. The van der Waals surface area contributed by atoms with E-state index < -0.39 is 0 Å². The van der Waals surface area contributed by atoms with Gasteiger partial charge in [0.15, 0.2) is 0 Å². The van der Waals surface area contributed by atoms with Gasteiger partial charge >= 0.3 is 0 Å². The molecule has 0 spiro atoms. The standard InChI is InChI=1S/C9H18.C4H4S/c1-2-6-9-7-4-3-5-8-9;1-2-4-5-3-1/h9H,2-8H2,1H3;1-4H. The molecule has 0 aliphatic heterocycles. The number of rotatable bonds is 2. The number of hydrogen-bond acceptors (Lipinski definition) is 1. The van der Waals surface area contributed by atoms with Crippen molar-refractivity contribution in [3.05, 3.63) is 22.9 Å². The molecule has 0 unspecified atom stereocenters. The SMILES string of the molecule is CCCC1CCCCC1.c1ccsc1. The van der Waals surface area contributed by atoms with Crippen molar-refractivity contribution >= 4 is 11.3 Å². The second-order valence-electron chi connectivity index (χ2n) is 4.09. The van der Waals surface area contributed by atoms with Crippen molar-refractivity contribution < 1.29 is 0 Å². The molecule has 1 fully saturated rings. The van der Waals surface area contributed by atoms with Gasteiger partial charge in [-0.1, -0.05) is 64.0 Å². The lowest BCUT2D eigenvalue weighted by atomic mass is 9.86. The van der Waals surface area contributed by atoms with Crippen LogP contribution in [0.15, 0.2) is 22.9 Å². The van der Waals surface area contributed by atoms with Gasteiger partial charge in [0.1, 0.15) is 0 Å². The molecule has 1 heterocycles. The fraction of sp³-hybridized carbons (Fsp3) is 0.692. The van der Waals surface area contributed by atoms with Crippen LogP contribution < -0.4 is 0 Å². The zero-order valence-corrected chi connectivity index (χ0v) is 10.1. The minimum Gasteiger partial charge on any atom is -0.152 e. The average Bonchev–Trinajstić information content (AvgIpc) is 2.78. The molecule has 1 aliphatic rings. The van der Waals surface area contributed by atoms with Crippen LogP contribution in [0, 0.1) is 5.92 Å². The van der Waals surface area contributed by atoms with Crippen LogP contribution in [-0.4, -0.2) is 0 Å². The third-order valence-electron chi connectivity index (χ3n) is 2.85. The molecule has 0 aromatic carbocycles. The summed E-state index contributed by atoms with van der Waals surface area (Å²) in [4.78, 5) is 0. The Balaban J connectivity index is 0.000000165. The maximum Gasteiger partial charge on any atom is -0.00934 e. The molecule has 0 atom stereocenters. The van der Waals surface area contributed by atoms with Gasteiger partial charge in [-0.05, 0) is 16.7 Å². The smallest absolute Gasteiger partial charge is 0.00934 e. The Kier molecular flexibility index (Phi) is 6.77.